The molecule has 1 aromatic heterocycles. The summed E-state index contributed by atoms with van der Waals surface area (Å²) in [6.07, 6.45) is -0.236. The number of hydrazone groups is 1. The predicted molar refractivity (Wildman–Crippen MR) is 416 cm³/mol. The van der Waals surface area contributed by atoms with Crippen LogP contribution in [0.2, 0.25) is 0 Å². The summed E-state index contributed by atoms with van der Waals surface area (Å²) in [6, 6.07) is 0.378. The smallest absolute Gasteiger partial charge is 0.410 e. The molecule has 6 saturated heterocycles. The van der Waals surface area contributed by atoms with Crippen molar-refractivity contribution in [1.29, 1.82) is 0 Å². The number of piperidine rings is 1. The summed E-state index contributed by atoms with van der Waals surface area (Å²) in [5.74, 6) is 6.76. The number of imidazole rings is 1. The van der Waals surface area contributed by atoms with Gasteiger partial charge < -0.3 is 48.8 Å². The Bertz CT molecular complexity index is 3180. The van der Waals surface area contributed by atoms with Crippen molar-refractivity contribution in [3.05, 3.63) is 71.3 Å². The first kappa shape index (κ1) is 91.5. The van der Waals surface area contributed by atoms with Crippen molar-refractivity contribution in [2.75, 3.05) is 77.5 Å². The summed E-state index contributed by atoms with van der Waals surface area (Å²) in [7, 11) is 25.1. The zero-order valence-corrected chi connectivity index (χ0v) is 72.3. The molecule has 9 rings (SSSR count). The van der Waals surface area contributed by atoms with E-state index >= 15 is 0 Å². The Morgan fingerprint density at radius 3 is 0.920 bits per heavy atom. The van der Waals surface area contributed by atoms with Crippen LogP contribution in [0.4, 0.5) is 4.79 Å². The Balaban J connectivity index is 0.000000565. The van der Waals surface area contributed by atoms with E-state index in [4.69, 9.17) is 4.74 Å². The van der Waals surface area contributed by atoms with Gasteiger partial charge in [0.2, 0.25) is 11.8 Å². The molecule has 6 fully saturated rings. The number of carbonyl (C=O) groups is 4. The number of ether oxygens (including phenoxy) is 1. The number of β-lactam (4-membered cyclic amide) rings is 1. The fourth-order valence-electron chi connectivity index (χ4n) is 13.0. The second-order valence-corrected chi connectivity index (χ2v) is 35.5. The van der Waals surface area contributed by atoms with Crippen molar-refractivity contribution in [3.8, 4) is 0 Å². The number of carbonyl (C=O) groups excluding carboxylic acids is 4. The number of nitrogens with zero attached hydrogens (tertiary/aromatic N) is 16. The zero-order chi connectivity index (χ0) is 80.1. The van der Waals surface area contributed by atoms with Gasteiger partial charge in [0.15, 0.2) is 6.04 Å². The molecule has 0 aromatic carbocycles. The minimum Gasteiger partial charge on any atom is -0.441 e. The molecule has 0 radical (unpaired) electrons. The van der Waals surface area contributed by atoms with Crippen LogP contribution < -0.4 is 5.69 Å². The van der Waals surface area contributed by atoms with Gasteiger partial charge in [0.25, 0.3) is 5.91 Å². The average Bonchev–Trinajstić information content (AvgIpc) is 1.70. The first-order valence-electron chi connectivity index (χ1n) is 35.6. The van der Waals surface area contributed by atoms with E-state index in [1.807, 2.05) is 114 Å². The van der Waals surface area contributed by atoms with Crippen molar-refractivity contribution >= 4 is 29.7 Å². The van der Waals surface area contributed by atoms with Gasteiger partial charge in [-0.25, -0.2) is 14.6 Å². The van der Waals surface area contributed by atoms with Crippen LogP contribution in [0.1, 0.15) is 219 Å². The third-order valence-electron chi connectivity index (χ3n) is 29.0. The van der Waals surface area contributed by atoms with Crippen molar-refractivity contribution < 1.29 is 23.9 Å². The third-order valence-corrected chi connectivity index (χ3v) is 29.0. The van der Waals surface area contributed by atoms with Crippen LogP contribution in [-0.4, -0.2) is 227 Å². The van der Waals surface area contributed by atoms with Gasteiger partial charge >= 0.3 is 11.8 Å². The number of aromatic nitrogens is 2. The van der Waals surface area contributed by atoms with Gasteiger partial charge in [-0.1, -0.05) is 93.9 Å². The monoisotopic (exact) mass is 1410 g/mol. The molecule has 576 valence electrons. The number of hydrogen-bond acceptors (Lipinski definition) is 16. The molecule has 3 unspecified atom stereocenters. The molecule has 0 bridgehead atoms. The third kappa shape index (κ3) is 16.0. The van der Waals surface area contributed by atoms with E-state index in [9.17, 15) is 24.0 Å². The minimum absolute atomic E-state index is 0.00579. The highest BCUT2D eigenvalue weighted by atomic mass is 16.6. The largest absolute Gasteiger partial charge is 0.441 e. The quantitative estimate of drug-likeness (QED) is 0.224. The highest BCUT2D eigenvalue weighted by Gasteiger charge is 2.63. The summed E-state index contributed by atoms with van der Waals surface area (Å²) in [5.41, 5.74) is 3.07. The zero-order valence-electron chi connectivity index (χ0n) is 72.3. The molecule has 1 aromatic rings. The maximum atomic E-state index is 12.0. The molecule has 4 amide bonds. The maximum absolute atomic E-state index is 12.0. The van der Waals surface area contributed by atoms with Crippen molar-refractivity contribution in [2.24, 2.45) is 68.9 Å². The number of amides is 4. The SMILES string of the molecule is C=C1N(C)C(C)(C)C(C)(C)C(C)(C)N1C.C=C1N(C)C(C)(C)C(C)(C)N1C.C=C1N(C)N=C(C)N1C.C=C1[C@@H](C)C(C)[C@@H](C)C(C)N1C.CC1N=NN(C)C1=O.CN1C(=O)C(C)(C)C(C)(C)C1(C)C.CN1C(=O)C(C)(C)C1(C)C.CN1C(=O)OC(C)(C)C1(C)C.Cc1c(C)n(C)c(=O)n1C. The highest BCUT2D eigenvalue weighted by molar-refractivity contribution is 5.90. The first-order valence-corrected chi connectivity index (χ1v) is 35.6. The normalized spacial score (nSPS) is 27.2. The molecule has 0 N–H and O–H groups in total. The van der Waals surface area contributed by atoms with E-state index in [0.717, 1.165) is 46.5 Å². The number of amidine groups is 1. The molecule has 22 nitrogen and oxygen atoms in total. The van der Waals surface area contributed by atoms with E-state index in [-0.39, 0.29) is 96.0 Å². The van der Waals surface area contributed by atoms with Gasteiger partial charge in [-0.2, -0.15) is 10.2 Å². The maximum Gasteiger partial charge on any atom is 0.410 e. The molecule has 0 aliphatic carbocycles. The summed E-state index contributed by atoms with van der Waals surface area (Å²) >= 11 is 0. The number of hydrogen-bond donors (Lipinski definition) is 0. The molecule has 0 spiro atoms. The number of cyclic esters (lactones) is 1. The van der Waals surface area contributed by atoms with Gasteiger partial charge in [0.1, 0.15) is 17.3 Å². The number of rotatable bonds is 0. The van der Waals surface area contributed by atoms with Crippen molar-refractivity contribution in [3.63, 3.8) is 0 Å². The lowest BCUT2D eigenvalue weighted by Crippen LogP contribution is -2.71. The summed E-state index contributed by atoms with van der Waals surface area (Å²) in [6.45, 7) is 84.6. The van der Waals surface area contributed by atoms with Gasteiger partial charge in [-0.15, -0.1) is 0 Å². The van der Waals surface area contributed by atoms with E-state index < -0.39 is 5.60 Å². The number of allylic oxidation sites excluding steroid dienone is 1. The Morgan fingerprint density at radius 2 is 0.750 bits per heavy atom. The Morgan fingerprint density at radius 1 is 0.400 bits per heavy atom. The molecular formula is C78H148N16O6. The van der Waals surface area contributed by atoms with Crippen LogP contribution in [0.3, 0.4) is 0 Å². The summed E-state index contributed by atoms with van der Waals surface area (Å²) in [5, 5.41) is 14.2. The van der Waals surface area contributed by atoms with Crippen LogP contribution in [0, 0.1) is 53.3 Å². The van der Waals surface area contributed by atoms with Gasteiger partial charge in [-0.3, -0.25) is 28.5 Å². The van der Waals surface area contributed by atoms with E-state index in [1.165, 1.54) is 10.7 Å². The lowest BCUT2D eigenvalue weighted by molar-refractivity contribution is -0.177. The fraction of sp³-hybridized carbons (Fsp3) is 0.795. The average molecular weight is 1410 g/mol. The Hall–Kier alpha value is -6.48. The molecule has 5 atom stereocenters. The molecule has 8 aliphatic rings. The van der Waals surface area contributed by atoms with Crippen LogP contribution in [0.25, 0.3) is 0 Å². The van der Waals surface area contributed by atoms with Crippen molar-refractivity contribution in [2.45, 2.75) is 278 Å². The molecule has 22 heteroatoms. The van der Waals surface area contributed by atoms with Crippen LogP contribution in [-0.2, 0) is 33.2 Å². The van der Waals surface area contributed by atoms with Crippen LogP contribution >= 0.6 is 0 Å². The second kappa shape index (κ2) is 30.5. The summed E-state index contributed by atoms with van der Waals surface area (Å²) in [4.78, 5) is 74.7. The Labute approximate surface area is 609 Å². The topological polar surface area (TPSA) is 177 Å². The standard InChI is InChI=1S/C13H26N2.C11H21NO.C11H21N.C10H20N2.C8H15NO2.C8H15NO.C7H12N2O.C6H11N3.C4H7N3O/c1-10-14(8)12(4,5)11(2,3)13(6,7)15(10)9;1-9(2)8(13)12(7)11(5,6)10(9,3)4;1-7-8(2)10(4)12(6)11(5)9(7)3;1-8-11(6)9(2,3)10(4,5)12(8)7;1-7(2)8(3,4)11-6(10)9(7)5;1-7(2)6(10)9(5)8(7,3)4;1-5-6(2)9(4)7(10)8(5)3;1-5-7-9(4)6(2)8(5)3;1-3-4(8)7(2)6-5-3/h1H2,2-9H3;1-7H3;7-9,11H,4H2,1-3,5-6H3;1H2,2-7H3;1-5H3;1-5H3;1-4H3;2H2,1,3-4H3;3H,1-2H3/t;;7?,8-,9+,11?;;;;;;/m..0....../s1. The van der Waals surface area contributed by atoms with E-state index in [0.29, 0.717) is 12.0 Å². The Kier molecular flexibility index (Phi) is 27.9. The molecule has 8 aliphatic heterocycles. The predicted octanol–water partition coefficient (Wildman–Crippen LogP) is 14.0. The lowest BCUT2D eigenvalue weighted by atomic mass is 9.60. The van der Waals surface area contributed by atoms with Gasteiger partial charge in [-0.05, 0) is 177 Å². The lowest BCUT2D eigenvalue weighted by Gasteiger charge is -2.65. The highest BCUT2D eigenvalue weighted by Crippen LogP contribution is 2.56. The molecule has 100 heavy (non-hydrogen) atoms. The van der Waals surface area contributed by atoms with E-state index in [1.54, 1.807) is 59.1 Å². The van der Waals surface area contributed by atoms with Gasteiger partial charge in [0, 0.05) is 142 Å². The van der Waals surface area contributed by atoms with Crippen LogP contribution in [0.15, 0.2) is 69.7 Å². The number of likely N-dealkylation sites (N-methyl/N-ethyl adjacent to an activating group) is 4. The second-order valence-electron chi connectivity index (χ2n) is 35.5. The number of likely N-dealkylation sites (tertiary alicyclic amines) is 3. The minimum atomic E-state index is -0.390. The fourth-order valence-corrected chi connectivity index (χ4v) is 13.0. The van der Waals surface area contributed by atoms with E-state index in [2.05, 4.69) is 240 Å². The van der Waals surface area contributed by atoms with Crippen molar-refractivity contribution in [1.82, 2.24) is 63.3 Å². The molecule has 0 saturated carbocycles. The van der Waals surface area contributed by atoms with Crippen LogP contribution in [0.5, 0.6) is 0 Å². The summed E-state index contributed by atoms with van der Waals surface area (Å²) < 4.78 is 8.46. The molecule has 9 heterocycles. The van der Waals surface area contributed by atoms with Gasteiger partial charge in [0.05, 0.1) is 44.6 Å². The first-order chi connectivity index (χ1) is 44.2. The molecular weight excluding hydrogens is 1260 g/mol.